The molecular weight excluding hydrogens is 490 g/mol. The molecule has 12 heteroatoms. The number of ether oxygens (including phenoxy) is 1. The molecule has 2 aliphatic heterocycles. The molecule has 0 fully saturated rings. The monoisotopic (exact) mass is 517 g/mol. The summed E-state index contributed by atoms with van der Waals surface area (Å²) in [6, 6.07) is 9.65. The Labute approximate surface area is 211 Å². The third-order valence-corrected chi connectivity index (χ3v) is 6.94. The zero-order valence-corrected chi connectivity index (χ0v) is 20.3. The SMILES string of the molecule is CCN1C(N)C2=C(C(c3ccc(C(F)(F)F)cc3)COC2)N(c2ccc(-n3ncnc3C)c(F)c2)C1N. The van der Waals surface area contributed by atoms with Crippen LogP contribution in [0, 0.1) is 12.7 Å². The average molecular weight is 518 g/mol. The molecule has 3 unspecified atom stereocenters. The van der Waals surface area contributed by atoms with Crippen LogP contribution in [-0.4, -0.2) is 51.9 Å². The van der Waals surface area contributed by atoms with Gasteiger partial charge in [-0.1, -0.05) is 19.1 Å². The zero-order valence-electron chi connectivity index (χ0n) is 20.3. The van der Waals surface area contributed by atoms with E-state index < -0.39 is 35.9 Å². The maximum atomic E-state index is 15.4. The van der Waals surface area contributed by atoms with Crippen molar-refractivity contribution >= 4 is 5.69 Å². The maximum Gasteiger partial charge on any atom is 0.416 e. The van der Waals surface area contributed by atoms with E-state index >= 15 is 4.39 Å². The van der Waals surface area contributed by atoms with E-state index in [1.165, 1.54) is 29.2 Å². The zero-order chi connectivity index (χ0) is 26.5. The topological polar surface area (TPSA) is 98.5 Å². The van der Waals surface area contributed by atoms with Crippen molar-refractivity contribution in [2.24, 2.45) is 11.5 Å². The molecule has 0 saturated heterocycles. The number of aryl methyl sites for hydroxylation is 1. The number of hydrogen-bond acceptors (Lipinski definition) is 7. The quantitative estimate of drug-likeness (QED) is 0.512. The van der Waals surface area contributed by atoms with Crippen LogP contribution in [0.4, 0.5) is 23.2 Å². The van der Waals surface area contributed by atoms with Gasteiger partial charge in [-0.25, -0.2) is 14.1 Å². The van der Waals surface area contributed by atoms with E-state index in [2.05, 4.69) is 10.1 Å². The first-order chi connectivity index (χ1) is 17.6. The summed E-state index contributed by atoms with van der Waals surface area (Å²) in [5.74, 6) is -0.458. The molecular formula is C25H27F4N7O. The van der Waals surface area contributed by atoms with E-state index in [0.29, 0.717) is 29.3 Å². The molecule has 0 aliphatic carbocycles. The predicted molar refractivity (Wildman–Crippen MR) is 129 cm³/mol. The number of benzene rings is 2. The summed E-state index contributed by atoms with van der Waals surface area (Å²) in [6.07, 6.45) is -4.41. The largest absolute Gasteiger partial charge is 0.416 e. The first-order valence-corrected chi connectivity index (χ1v) is 11.8. The van der Waals surface area contributed by atoms with Gasteiger partial charge in [-0.2, -0.15) is 18.3 Å². The molecule has 4 N–H and O–H groups in total. The molecule has 8 nitrogen and oxygen atoms in total. The third-order valence-electron chi connectivity index (χ3n) is 6.94. The van der Waals surface area contributed by atoms with Crippen LogP contribution in [0.5, 0.6) is 0 Å². The highest BCUT2D eigenvalue weighted by molar-refractivity contribution is 5.61. The normalized spacial score (nSPS) is 22.9. The number of hydrogen-bond donors (Lipinski definition) is 2. The molecule has 0 saturated carbocycles. The summed E-state index contributed by atoms with van der Waals surface area (Å²) < 4.78 is 62.1. The number of nitrogens with two attached hydrogens (primary N) is 2. The van der Waals surface area contributed by atoms with Crippen molar-refractivity contribution in [1.82, 2.24) is 19.7 Å². The minimum Gasteiger partial charge on any atom is -0.376 e. The van der Waals surface area contributed by atoms with Crippen molar-refractivity contribution in [2.45, 2.75) is 38.4 Å². The third kappa shape index (κ3) is 4.39. The highest BCUT2D eigenvalue weighted by atomic mass is 19.4. The minimum absolute atomic E-state index is 0.213. The van der Waals surface area contributed by atoms with Crippen molar-refractivity contribution in [3.05, 3.63) is 82.8 Å². The van der Waals surface area contributed by atoms with E-state index in [4.69, 9.17) is 16.2 Å². The Balaban J connectivity index is 1.62. The van der Waals surface area contributed by atoms with Gasteiger partial charge in [0.15, 0.2) is 5.82 Å². The van der Waals surface area contributed by atoms with Crippen molar-refractivity contribution < 1.29 is 22.3 Å². The van der Waals surface area contributed by atoms with Crippen LogP contribution in [0.1, 0.15) is 29.8 Å². The Morgan fingerprint density at radius 3 is 2.43 bits per heavy atom. The predicted octanol–water partition coefficient (Wildman–Crippen LogP) is 3.47. The van der Waals surface area contributed by atoms with Crippen LogP contribution in [0.15, 0.2) is 60.1 Å². The van der Waals surface area contributed by atoms with Crippen LogP contribution >= 0.6 is 0 Å². The molecule has 37 heavy (non-hydrogen) atoms. The number of nitrogens with zero attached hydrogens (tertiary/aromatic N) is 5. The molecule has 0 bridgehead atoms. The molecule has 2 aromatic carbocycles. The number of alkyl halides is 3. The number of halogens is 4. The molecule has 0 radical (unpaired) electrons. The summed E-state index contributed by atoms with van der Waals surface area (Å²) in [7, 11) is 0. The summed E-state index contributed by atoms with van der Waals surface area (Å²) >= 11 is 0. The number of likely N-dealkylation sites (N-methyl/N-ethyl adjacent to an activating group) is 1. The van der Waals surface area contributed by atoms with Gasteiger partial charge < -0.3 is 15.4 Å². The van der Waals surface area contributed by atoms with Crippen molar-refractivity contribution in [1.29, 1.82) is 0 Å². The minimum atomic E-state index is -4.45. The van der Waals surface area contributed by atoms with Gasteiger partial charge in [0.25, 0.3) is 0 Å². The van der Waals surface area contributed by atoms with Crippen molar-refractivity contribution in [3.8, 4) is 5.69 Å². The van der Waals surface area contributed by atoms with Gasteiger partial charge in [-0.3, -0.25) is 10.6 Å². The Morgan fingerprint density at radius 2 is 1.84 bits per heavy atom. The molecule has 3 heterocycles. The summed E-state index contributed by atoms with van der Waals surface area (Å²) in [5.41, 5.74) is 15.3. The van der Waals surface area contributed by atoms with Crippen molar-refractivity contribution in [3.63, 3.8) is 0 Å². The van der Waals surface area contributed by atoms with Gasteiger partial charge in [0.05, 0.1) is 24.9 Å². The van der Waals surface area contributed by atoms with Crippen LogP contribution in [0.25, 0.3) is 5.69 Å². The van der Waals surface area contributed by atoms with Gasteiger partial charge in [0.2, 0.25) is 0 Å². The second kappa shape index (κ2) is 9.53. The lowest BCUT2D eigenvalue weighted by molar-refractivity contribution is -0.137. The van der Waals surface area contributed by atoms with E-state index in [0.717, 1.165) is 17.7 Å². The van der Waals surface area contributed by atoms with Crippen LogP contribution < -0.4 is 16.4 Å². The summed E-state index contributed by atoms with van der Waals surface area (Å²) in [6.45, 7) is 4.59. The van der Waals surface area contributed by atoms with Gasteiger partial charge in [0, 0.05) is 29.4 Å². The second-order valence-corrected chi connectivity index (χ2v) is 9.01. The molecule has 0 spiro atoms. The van der Waals surface area contributed by atoms with Gasteiger partial charge >= 0.3 is 6.18 Å². The van der Waals surface area contributed by atoms with E-state index in [1.54, 1.807) is 24.0 Å². The summed E-state index contributed by atoms with van der Waals surface area (Å²) in [5, 5.41) is 4.08. The first kappa shape index (κ1) is 25.3. The molecule has 1 aromatic heterocycles. The second-order valence-electron chi connectivity index (χ2n) is 9.01. The Morgan fingerprint density at radius 1 is 1.11 bits per heavy atom. The standard InChI is InChI=1S/C25H27F4N7O/c1-3-34-23(30)19-12-37-11-18(15-4-6-16(7-5-15)25(27,28)29)22(19)35(24(34)31)17-8-9-21(20(26)10-17)36-14(2)32-13-33-36/h4-10,13,18,23-24H,3,11-12,30-31H2,1-2H3. The lowest BCUT2D eigenvalue weighted by Crippen LogP contribution is -2.65. The van der Waals surface area contributed by atoms with E-state index in [-0.39, 0.29) is 18.9 Å². The fraction of sp³-hybridized carbons (Fsp3) is 0.360. The molecule has 5 rings (SSSR count). The lowest BCUT2D eigenvalue weighted by atomic mass is 9.87. The fourth-order valence-electron chi connectivity index (χ4n) is 5.07. The summed E-state index contributed by atoms with van der Waals surface area (Å²) in [4.78, 5) is 7.70. The molecule has 2 aliphatic rings. The van der Waals surface area contributed by atoms with Gasteiger partial charge in [-0.15, -0.1) is 0 Å². The van der Waals surface area contributed by atoms with Crippen LogP contribution in [0.2, 0.25) is 0 Å². The number of rotatable bonds is 4. The smallest absolute Gasteiger partial charge is 0.376 e. The molecule has 3 aromatic rings. The molecule has 3 atom stereocenters. The highest BCUT2D eigenvalue weighted by Crippen LogP contribution is 2.42. The van der Waals surface area contributed by atoms with E-state index in [1.807, 2.05) is 11.8 Å². The van der Waals surface area contributed by atoms with Gasteiger partial charge in [-0.05, 0) is 42.8 Å². The number of aromatic nitrogens is 3. The Bertz CT molecular complexity index is 1320. The van der Waals surface area contributed by atoms with Crippen molar-refractivity contribution in [2.75, 3.05) is 24.7 Å². The molecule has 196 valence electrons. The fourth-order valence-corrected chi connectivity index (χ4v) is 5.07. The van der Waals surface area contributed by atoms with Crippen LogP contribution in [-0.2, 0) is 10.9 Å². The Hall–Kier alpha value is -3.32. The highest BCUT2D eigenvalue weighted by Gasteiger charge is 2.43. The van der Waals surface area contributed by atoms with Gasteiger partial charge in [0.1, 0.15) is 24.1 Å². The number of anilines is 1. The van der Waals surface area contributed by atoms with Crippen LogP contribution in [0.3, 0.4) is 0 Å². The first-order valence-electron chi connectivity index (χ1n) is 11.8. The Kier molecular flexibility index (Phi) is 6.52. The average Bonchev–Trinajstić information content (AvgIpc) is 3.29. The maximum absolute atomic E-state index is 15.4. The lowest BCUT2D eigenvalue weighted by Gasteiger charge is -2.51. The van der Waals surface area contributed by atoms with E-state index in [9.17, 15) is 13.2 Å². The molecule has 0 amide bonds.